The summed E-state index contributed by atoms with van der Waals surface area (Å²) in [6.07, 6.45) is 13.7. The van der Waals surface area contributed by atoms with Gasteiger partial charge in [-0.25, -0.2) is 10.4 Å². The maximum atomic E-state index is 12.1. The number of hydrogen-bond acceptors (Lipinski definition) is 3. The van der Waals surface area contributed by atoms with E-state index in [-0.39, 0.29) is 5.92 Å². The van der Waals surface area contributed by atoms with Gasteiger partial charge in [0.05, 0.1) is 0 Å². The van der Waals surface area contributed by atoms with Gasteiger partial charge < -0.3 is 0 Å². The number of piperidine rings is 1. The van der Waals surface area contributed by atoms with E-state index in [1.165, 1.54) is 25.7 Å². The first-order chi connectivity index (χ1) is 9.33. The van der Waals surface area contributed by atoms with E-state index in [0.717, 1.165) is 13.1 Å². The van der Waals surface area contributed by atoms with Crippen molar-refractivity contribution >= 4 is 5.78 Å². The van der Waals surface area contributed by atoms with Crippen molar-refractivity contribution in [3.05, 3.63) is 24.3 Å². The maximum absolute atomic E-state index is 12.1. The molecule has 0 spiro atoms. The first-order valence-corrected chi connectivity index (χ1v) is 7.74. The lowest BCUT2D eigenvalue weighted by Gasteiger charge is -2.39. The number of hydrazine groups is 1. The molecular formula is C16H22N2O. The molecule has 5 atom stereocenters. The van der Waals surface area contributed by atoms with Gasteiger partial charge >= 0.3 is 0 Å². The van der Waals surface area contributed by atoms with E-state index in [1.54, 1.807) is 0 Å². The Balaban J connectivity index is 1.53. The number of allylic oxidation sites excluding steroid dienone is 3. The third-order valence-electron chi connectivity index (χ3n) is 5.42. The number of hydrogen-bond donors (Lipinski definition) is 1. The van der Waals surface area contributed by atoms with Crippen molar-refractivity contribution in [1.29, 1.82) is 0 Å². The van der Waals surface area contributed by atoms with Crippen LogP contribution >= 0.6 is 0 Å². The molecule has 3 aliphatic carbocycles. The highest BCUT2D eigenvalue weighted by atomic mass is 16.1. The fourth-order valence-electron chi connectivity index (χ4n) is 4.55. The summed E-state index contributed by atoms with van der Waals surface area (Å²) in [5.41, 5.74) is 3.70. The standard InChI is InChI=1S/C16H22N2O/c19-14-7-6-13(17-18-8-2-1-3-9-18)15-11-4-5-12(10-11)16(14)15/h4-7,11-13,15-17H,1-3,8-10H2/t11-,12+,13+,15-,16+/m1/s1. The first kappa shape index (κ1) is 11.9. The molecule has 1 heterocycles. The molecule has 1 saturated heterocycles. The van der Waals surface area contributed by atoms with Crippen molar-refractivity contribution in [3.8, 4) is 0 Å². The molecule has 19 heavy (non-hydrogen) atoms. The van der Waals surface area contributed by atoms with Crippen molar-refractivity contribution in [2.75, 3.05) is 13.1 Å². The summed E-state index contributed by atoms with van der Waals surface area (Å²) in [6.45, 7) is 2.30. The zero-order valence-corrected chi connectivity index (χ0v) is 11.3. The molecule has 3 nitrogen and oxygen atoms in total. The molecule has 0 aromatic carbocycles. The van der Waals surface area contributed by atoms with Gasteiger partial charge in [-0.2, -0.15) is 0 Å². The van der Waals surface area contributed by atoms with Gasteiger partial charge in [0.1, 0.15) is 0 Å². The van der Waals surface area contributed by atoms with Crippen molar-refractivity contribution < 1.29 is 4.79 Å². The van der Waals surface area contributed by atoms with Crippen LogP contribution in [0.1, 0.15) is 25.7 Å². The van der Waals surface area contributed by atoms with Gasteiger partial charge in [-0.1, -0.05) is 24.6 Å². The fourth-order valence-corrected chi connectivity index (χ4v) is 4.55. The van der Waals surface area contributed by atoms with Crippen molar-refractivity contribution in [3.63, 3.8) is 0 Å². The summed E-state index contributed by atoms with van der Waals surface area (Å²) in [7, 11) is 0. The average Bonchev–Trinajstić information content (AvgIpc) is 3.05. The van der Waals surface area contributed by atoms with E-state index in [4.69, 9.17) is 0 Å². The SMILES string of the molecule is O=C1C=C[C@H](NN2CCCCC2)[C@@H]2[C@H]1[C@H]1C=C[C@@H]2C1. The summed E-state index contributed by atoms with van der Waals surface area (Å²) >= 11 is 0. The predicted molar refractivity (Wildman–Crippen MR) is 74.2 cm³/mol. The maximum Gasteiger partial charge on any atom is 0.159 e. The van der Waals surface area contributed by atoms with Crippen LogP contribution in [0.15, 0.2) is 24.3 Å². The smallest absolute Gasteiger partial charge is 0.159 e. The molecule has 3 heteroatoms. The molecule has 0 unspecified atom stereocenters. The molecule has 4 rings (SSSR count). The summed E-state index contributed by atoms with van der Waals surface area (Å²) in [5, 5.41) is 2.38. The minimum Gasteiger partial charge on any atom is -0.295 e. The van der Waals surface area contributed by atoms with Gasteiger partial charge in [-0.3, -0.25) is 4.79 Å². The van der Waals surface area contributed by atoms with E-state index in [1.807, 2.05) is 6.08 Å². The molecule has 2 bridgehead atoms. The average molecular weight is 258 g/mol. The molecule has 1 N–H and O–H groups in total. The van der Waals surface area contributed by atoms with Crippen LogP contribution in [0.5, 0.6) is 0 Å². The molecule has 0 aromatic heterocycles. The molecule has 1 saturated carbocycles. The molecule has 1 aliphatic heterocycles. The third kappa shape index (κ3) is 1.91. The number of fused-ring (bicyclic) bond motifs is 5. The van der Waals surface area contributed by atoms with E-state index < -0.39 is 0 Å². The van der Waals surface area contributed by atoms with Crippen molar-refractivity contribution in [1.82, 2.24) is 10.4 Å². The Hall–Kier alpha value is -0.930. The van der Waals surface area contributed by atoms with Gasteiger partial charge in [0.25, 0.3) is 0 Å². The Morgan fingerprint density at radius 3 is 2.68 bits per heavy atom. The first-order valence-electron chi connectivity index (χ1n) is 7.74. The highest BCUT2D eigenvalue weighted by molar-refractivity contribution is 5.94. The molecule has 4 aliphatic rings. The van der Waals surface area contributed by atoms with Gasteiger partial charge in [0, 0.05) is 25.0 Å². The fraction of sp³-hybridized carbons (Fsp3) is 0.688. The van der Waals surface area contributed by atoms with Crippen LogP contribution in [-0.2, 0) is 4.79 Å². The Bertz CT molecular complexity index is 436. The summed E-state index contributed by atoms with van der Waals surface area (Å²) in [5.74, 6) is 2.24. The Morgan fingerprint density at radius 1 is 1.05 bits per heavy atom. The Kier molecular flexibility index (Phi) is 2.85. The van der Waals surface area contributed by atoms with Gasteiger partial charge in [0.2, 0.25) is 0 Å². The van der Waals surface area contributed by atoms with Crippen LogP contribution in [-0.4, -0.2) is 29.9 Å². The predicted octanol–water partition coefficient (Wildman–Crippen LogP) is 1.92. The van der Waals surface area contributed by atoms with Gasteiger partial charge in [-0.05, 0) is 43.1 Å². The monoisotopic (exact) mass is 258 g/mol. The number of rotatable bonds is 2. The Morgan fingerprint density at radius 2 is 1.84 bits per heavy atom. The van der Waals surface area contributed by atoms with Gasteiger partial charge in [0.15, 0.2) is 5.78 Å². The number of carbonyl (C=O) groups is 1. The second-order valence-corrected chi connectivity index (χ2v) is 6.52. The zero-order chi connectivity index (χ0) is 12.8. The van der Waals surface area contributed by atoms with Crippen molar-refractivity contribution in [2.24, 2.45) is 23.7 Å². The molecule has 2 fully saturated rings. The van der Waals surface area contributed by atoms with Crippen LogP contribution < -0.4 is 5.43 Å². The number of ketones is 1. The lowest BCUT2D eigenvalue weighted by atomic mass is 9.73. The number of carbonyl (C=O) groups excluding carboxylic acids is 1. The van der Waals surface area contributed by atoms with Crippen LogP contribution in [0.4, 0.5) is 0 Å². The van der Waals surface area contributed by atoms with E-state index >= 15 is 0 Å². The summed E-state index contributed by atoms with van der Waals surface area (Å²) in [4.78, 5) is 12.1. The lowest BCUT2D eigenvalue weighted by molar-refractivity contribution is -0.121. The summed E-state index contributed by atoms with van der Waals surface area (Å²) in [6, 6.07) is 0.362. The topological polar surface area (TPSA) is 32.3 Å². The quantitative estimate of drug-likeness (QED) is 0.768. The van der Waals surface area contributed by atoms with E-state index in [9.17, 15) is 4.79 Å². The second kappa shape index (κ2) is 4.57. The minimum absolute atomic E-state index is 0.252. The van der Waals surface area contributed by atoms with E-state index in [0.29, 0.717) is 29.6 Å². The highest BCUT2D eigenvalue weighted by Gasteiger charge is 2.51. The molecule has 0 radical (unpaired) electrons. The van der Waals surface area contributed by atoms with Gasteiger partial charge in [-0.15, -0.1) is 0 Å². The lowest BCUT2D eigenvalue weighted by Crippen LogP contribution is -2.53. The molecular weight excluding hydrogens is 236 g/mol. The normalized spacial score (nSPS) is 44.8. The largest absolute Gasteiger partial charge is 0.295 e. The Labute approximate surface area is 114 Å². The molecule has 0 amide bonds. The number of nitrogens with zero attached hydrogens (tertiary/aromatic N) is 1. The molecule has 0 aromatic rings. The zero-order valence-electron chi connectivity index (χ0n) is 11.3. The van der Waals surface area contributed by atoms with Crippen LogP contribution in [0.25, 0.3) is 0 Å². The number of nitrogens with one attached hydrogen (secondary N) is 1. The molecule has 102 valence electrons. The van der Waals surface area contributed by atoms with Crippen LogP contribution in [0, 0.1) is 23.7 Å². The third-order valence-corrected chi connectivity index (χ3v) is 5.42. The van der Waals surface area contributed by atoms with Crippen LogP contribution in [0.2, 0.25) is 0 Å². The summed E-state index contributed by atoms with van der Waals surface area (Å²) < 4.78 is 0. The minimum atomic E-state index is 0.252. The van der Waals surface area contributed by atoms with Crippen molar-refractivity contribution in [2.45, 2.75) is 31.7 Å². The van der Waals surface area contributed by atoms with E-state index in [2.05, 4.69) is 28.7 Å². The highest BCUT2D eigenvalue weighted by Crippen LogP contribution is 2.51. The second-order valence-electron chi connectivity index (χ2n) is 6.52. The van der Waals surface area contributed by atoms with Crippen LogP contribution in [0.3, 0.4) is 0 Å².